The van der Waals surface area contributed by atoms with E-state index in [0.717, 1.165) is 70.6 Å². The first-order valence-corrected chi connectivity index (χ1v) is 21.5. The first kappa shape index (κ1) is 38.0. The summed E-state index contributed by atoms with van der Waals surface area (Å²) in [6.07, 6.45) is -0.513. The highest BCUT2D eigenvalue weighted by atomic mass is 32.2. The SMILES string of the molecule is C[C@@H]([O-])C1C(=O)N2C(C(=O)[O-])=C(CN3c4cccc5cc(CC[N+]67CC[N+](CC(N)=O)(CC6)CC7)cc(c45)S3(=O)=O)[C@H](C)C12.O=C1NS(=O)(=O)c2ccccc21. The molecule has 296 valence electrons. The van der Waals surface area contributed by atoms with Gasteiger partial charge in [-0.2, -0.15) is 0 Å². The summed E-state index contributed by atoms with van der Waals surface area (Å²) in [5.74, 6) is -4.29. The molecule has 18 heteroatoms. The van der Waals surface area contributed by atoms with Gasteiger partial charge in [0.05, 0.1) is 46.9 Å². The van der Waals surface area contributed by atoms with Crippen LogP contribution < -0.4 is 25.0 Å². The largest absolute Gasteiger partial charge is 0.852 e. The molecule has 3 amide bonds. The van der Waals surface area contributed by atoms with Gasteiger partial charge in [0.25, 0.3) is 31.9 Å². The van der Waals surface area contributed by atoms with Crippen LogP contribution in [0.25, 0.3) is 10.8 Å². The van der Waals surface area contributed by atoms with Crippen molar-refractivity contribution >= 4 is 60.2 Å². The molecule has 2 unspecified atom stereocenters. The van der Waals surface area contributed by atoms with Gasteiger partial charge < -0.3 is 34.6 Å². The minimum absolute atomic E-state index is 0.0648. The molecule has 0 radical (unpaired) electrons. The predicted molar refractivity (Wildman–Crippen MR) is 197 cm³/mol. The van der Waals surface area contributed by atoms with E-state index in [2.05, 4.69) is 0 Å². The van der Waals surface area contributed by atoms with E-state index in [1.165, 1.54) is 23.4 Å². The summed E-state index contributed by atoms with van der Waals surface area (Å²) in [5, 5.41) is 25.9. The fourth-order valence-corrected chi connectivity index (χ4v) is 12.6. The molecule has 10 rings (SSSR count). The number of carboxylic acids is 1. The highest BCUT2D eigenvalue weighted by molar-refractivity contribution is 7.93. The third-order valence-electron chi connectivity index (χ3n) is 12.8. The molecule has 7 aliphatic heterocycles. The summed E-state index contributed by atoms with van der Waals surface area (Å²) in [6, 6.07) is 14.7. The summed E-state index contributed by atoms with van der Waals surface area (Å²) >= 11 is 0. The fourth-order valence-electron chi connectivity index (χ4n) is 9.72. The average molecular weight is 807 g/mol. The molecule has 0 spiro atoms. The van der Waals surface area contributed by atoms with Crippen molar-refractivity contribution in [3.05, 3.63) is 77.0 Å². The molecule has 3 N–H and O–H groups in total. The molecule has 3 aromatic carbocycles. The van der Waals surface area contributed by atoms with E-state index in [-0.39, 0.29) is 39.1 Å². The van der Waals surface area contributed by atoms with Gasteiger partial charge in [0.1, 0.15) is 44.2 Å². The number of carboxylic acid groups (broad SMARTS) is 1. The number of quaternary nitrogens is 2. The number of nitrogens with zero attached hydrogens (tertiary/aromatic N) is 4. The van der Waals surface area contributed by atoms with Gasteiger partial charge in [-0.25, -0.2) is 21.6 Å². The number of piperazine rings is 3. The summed E-state index contributed by atoms with van der Waals surface area (Å²) in [6.45, 7) is 9.77. The number of carbonyl (C=O) groups is 4. The van der Waals surface area contributed by atoms with Crippen molar-refractivity contribution in [2.24, 2.45) is 17.6 Å². The minimum Gasteiger partial charge on any atom is -0.852 e. The van der Waals surface area contributed by atoms with Crippen molar-refractivity contribution in [2.45, 2.75) is 42.2 Å². The van der Waals surface area contributed by atoms with E-state index in [4.69, 9.17) is 5.73 Å². The van der Waals surface area contributed by atoms with Crippen LogP contribution in [0.15, 0.2) is 75.7 Å². The van der Waals surface area contributed by atoms with Crippen molar-refractivity contribution in [2.75, 3.05) is 63.2 Å². The number of anilines is 1. The molecule has 3 aromatic rings. The molecule has 0 saturated carbocycles. The lowest BCUT2D eigenvalue weighted by atomic mass is 9.78. The first-order chi connectivity index (χ1) is 26.4. The van der Waals surface area contributed by atoms with Crippen LogP contribution in [0.2, 0.25) is 0 Å². The Morgan fingerprint density at radius 1 is 0.946 bits per heavy atom. The van der Waals surface area contributed by atoms with Gasteiger partial charge >= 0.3 is 0 Å². The number of benzene rings is 3. The number of β-lactam (4-membered cyclic amide) rings is 1. The number of sulfonamides is 2. The number of carbonyl (C=O) groups excluding carboxylic acids is 4. The highest BCUT2D eigenvalue weighted by Gasteiger charge is 2.57. The zero-order valence-electron chi connectivity index (χ0n) is 30.8. The monoisotopic (exact) mass is 806 g/mol. The van der Waals surface area contributed by atoms with Crippen molar-refractivity contribution in [1.29, 1.82) is 0 Å². The van der Waals surface area contributed by atoms with Gasteiger partial charge in [-0.15, -0.1) is 6.10 Å². The molecule has 7 aliphatic rings. The van der Waals surface area contributed by atoms with E-state index < -0.39 is 61.8 Å². The van der Waals surface area contributed by atoms with Crippen LogP contribution in [-0.4, -0.2) is 125 Å². The predicted octanol–water partition coefficient (Wildman–Crippen LogP) is -1.61. The molecule has 0 aromatic heterocycles. The maximum absolute atomic E-state index is 14.1. The Bertz CT molecular complexity index is 2480. The normalized spacial score (nSPS) is 29.3. The number of hydrogen-bond donors (Lipinski definition) is 2. The van der Waals surface area contributed by atoms with Crippen LogP contribution in [0.1, 0.15) is 29.8 Å². The summed E-state index contributed by atoms with van der Waals surface area (Å²) in [4.78, 5) is 49.0. The van der Waals surface area contributed by atoms with Crippen molar-refractivity contribution in [1.82, 2.24) is 9.62 Å². The molecule has 16 nitrogen and oxygen atoms in total. The molecule has 7 heterocycles. The summed E-state index contributed by atoms with van der Waals surface area (Å²) < 4.78 is 55.4. The zero-order chi connectivity index (χ0) is 40.1. The van der Waals surface area contributed by atoms with Crippen LogP contribution in [0.5, 0.6) is 0 Å². The maximum atomic E-state index is 14.1. The zero-order valence-corrected chi connectivity index (χ0v) is 32.5. The van der Waals surface area contributed by atoms with Crippen LogP contribution in [-0.2, 0) is 40.9 Å². The Morgan fingerprint density at radius 3 is 2.23 bits per heavy atom. The first-order valence-electron chi connectivity index (χ1n) is 18.6. The van der Waals surface area contributed by atoms with E-state index in [0.29, 0.717) is 24.0 Å². The van der Waals surface area contributed by atoms with E-state index in [9.17, 15) is 46.2 Å². The summed E-state index contributed by atoms with van der Waals surface area (Å²) in [7, 11) is -7.60. The molecule has 4 atom stereocenters. The second-order valence-corrected chi connectivity index (χ2v) is 19.4. The Balaban J connectivity index is 0.000000312. The quantitative estimate of drug-likeness (QED) is 0.186. The Labute approximate surface area is 324 Å². The van der Waals surface area contributed by atoms with Crippen LogP contribution in [0.3, 0.4) is 0 Å². The number of fused-ring (bicyclic) bond motifs is 5. The third-order valence-corrected chi connectivity index (χ3v) is 16.0. The molecule has 56 heavy (non-hydrogen) atoms. The third kappa shape index (κ3) is 5.88. The number of aliphatic carboxylic acids is 1. The van der Waals surface area contributed by atoms with Crippen LogP contribution in [0, 0.1) is 11.8 Å². The van der Waals surface area contributed by atoms with E-state index in [1.54, 1.807) is 37.3 Å². The Morgan fingerprint density at radius 2 is 1.61 bits per heavy atom. The van der Waals surface area contributed by atoms with Gasteiger partial charge in [0.15, 0.2) is 6.54 Å². The van der Waals surface area contributed by atoms with Crippen molar-refractivity contribution < 1.29 is 55.2 Å². The number of nitrogens with two attached hydrogens (primary N) is 1. The van der Waals surface area contributed by atoms with Crippen molar-refractivity contribution in [3.8, 4) is 0 Å². The molecule has 4 saturated heterocycles. The van der Waals surface area contributed by atoms with Gasteiger partial charge in [-0.3, -0.25) is 18.7 Å². The van der Waals surface area contributed by atoms with Gasteiger partial charge in [-0.1, -0.05) is 44.2 Å². The van der Waals surface area contributed by atoms with Gasteiger partial charge in [-0.05, 0) is 40.8 Å². The lowest BCUT2D eigenvalue weighted by molar-refractivity contribution is -1.08. The van der Waals surface area contributed by atoms with Crippen molar-refractivity contribution in [3.63, 3.8) is 0 Å². The average Bonchev–Trinajstić information content (AvgIpc) is 3.63. The molecule has 4 fully saturated rings. The number of rotatable bonds is 9. The molecule has 0 aliphatic carbocycles. The van der Waals surface area contributed by atoms with E-state index in [1.807, 2.05) is 16.9 Å². The highest BCUT2D eigenvalue weighted by Crippen LogP contribution is 2.49. The molecule has 2 bridgehead atoms. The lowest BCUT2D eigenvalue weighted by Gasteiger charge is -2.55. The van der Waals surface area contributed by atoms with E-state index >= 15 is 0 Å². The molecular formula is C38H42N6O10S2. The van der Waals surface area contributed by atoms with Gasteiger partial charge in [0, 0.05) is 23.6 Å². The van der Waals surface area contributed by atoms with Gasteiger partial charge in [0.2, 0.25) is 5.91 Å². The Hall–Kier alpha value is -4.88. The smallest absolute Gasteiger partial charge is 0.272 e. The summed E-state index contributed by atoms with van der Waals surface area (Å²) in [5.41, 5.74) is 7.08. The molecular weight excluding hydrogens is 765 g/mol. The lowest BCUT2D eigenvalue weighted by Crippen LogP contribution is -2.76. The standard InChI is InChI=1S/C31H37N5O7S.C7H5NO3S/c1-18-22(29(31(40)41)34-28(18)26(19(2)37)30(34)39)16-33-23-5-3-4-21-14-20(15-24(27(21)23)44(33,42)43)6-7-35-8-11-36(12-9-35,13-10-35)17-25(32)38;9-7-5-3-1-2-4-6(5)12(10,11)8-7/h3-5,14-15,18-19,26,28H,6-13,16-17H2,1-2H3,(H2-,32,38,40,41);1-4H,(H,8,9)/t18-,19+,26?,28?,35?,36?;/m0./s1. The maximum Gasteiger partial charge on any atom is 0.272 e. The number of amides is 3. The number of hydrogen-bond acceptors (Lipinski definition) is 10. The van der Waals surface area contributed by atoms with Crippen LogP contribution in [0.4, 0.5) is 5.69 Å². The fraction of sp³-hybridized carbons (Fsp3) is 0.421. The number of nitrogens with one attached hydrogen (secondary N) is 1. The minimum atomic E-state index is -4.05. The second kappa shape index (κ2) is 13.1. The number of primary amides is 1. The van der Waals surface area contributed by atoms with Crippen LogP contribution >= 0.6 is 0 Å². The second-order valence-electron chi connectivity index (χ2n) is 15.9. The topological polar surface area (TPSA) is 227 Å². The Kier molecular flexibility index (Phi) is 8.89.